The molecule has 34 heavy (non-hydrogen) atoms. The number of esters is 1. The molecule has 2 aromatic heterocycles. The van der Waals surface area contributed by atoms with Crippen molar-refractivity contribution in [2.45, 2.75) is 6.92 Å². The third-order valence-corrected chi connectivity index (χ3v) is 5.46. The number of nitrogens with zero attached hydrogens (tertiary/aromatic N) is 3. The van der Waals surface area contributed by atoms with Gasteiger partial charge in [-0.3, -0.25) is 9.48 Å². The van der Waals surface area contributed by atoms with E-state index < -0.39 is 11.9 Å². The van der Waals surface area contributed by atoms with Gasteiger partial charge in [-0.05, 0) is 13.0 Å². The number of aromatic nitrogens is 3. The number of amides is 1. The number of rotatable bonds is 6. The van der Waals surface area contributed by atoms with Crippen LogP contribution >= 0.6 is 0 Å². The smallest absolute Gasteiger partial charge is 0.340 e. The fraction of sp³-hybridized carbons (Fsp3) is 0.200. The van der Waals surface area contributed by atoms with E-state index in [1.807, 2.05) is 37.3 Å². The van der Waals surface area contributed by atoms with Gasteiger partial charge in [-0.25, -0.2) is 9.78 Å². The second-order valence-electron chi connectivity index (χ2n) is 7.53. The van der Waals surface area contributed by atoms with Crippen LogP contribution in [0.2, 0.25) is 0 Å². The number of carbonyl (C=O) groups is 2. The van der Waals surface area contributed by atoms with Crippen LogP contribution in [-0.4, -0.2) is 48.0 Å². The number of ether oxygens (including phenoxy) is 3. The minimum Gasteiger partial charge on any atom is -0.493 e. The van der Waals surface area contributed by atoms with Crippen molar-refractivity contribution < 1.29 is 23.8 Å². The molecule has 0 radical (unpaired) electrons. The molecule has 1 N–H and O–H groups in total. The lowest BCUT2D eigenvalue weighted by Gasteiger charge is -2.15. The summed E-state index contributed by atoms with van der Waals surface area (Å²) in [5.41, 5.74) is 3.45. The Morgan fingerprint density at radius 3 is 2.26 bits per heavy atom. The molecule has 0 bridgehead atoms. The predicted octanol–water partition coefficient (Wildman–Crippen LogP) is 4.00. The molecule has 0 fully saturated rings. The largest absolute Gasteiger partial charge is 0.493 e. The summed E-state index contributed by atoms with van der Waals surface area (Å²) in [4.78, 5) is 30.8. The highest BCUT2D eigenvalue weighted by Crippen LogP contribution is 2.35. The van der Waals surface area contributed by atoms with E-state index in [0.29, 0.717) is 39.5 Å². The Balaban J connectivity index is 1.86. The zero-order valence-electron chi connectivity index (χ0n) is 19.5. The lowest BCUT2D eigenvalue weighted by Crippen LogP contribution is -2.17. The van der Waals surface area contributed by atoms with E-state index >= 15 is 0 Å². The molecular weight excluding hydrogens is 436 g/mol. The molecule has 0 spiro atoms. The fourth-order valence-electron chi connectivity index (χ4n) is 3.83. The van der Waals surface area contributed by atoms with Crippen LogP contribution in [0.3, 0.4) is 0 Å². The van der Waals surface area contributed by atoms with Gasteiger partial charge in [-0.1, -0.05) is 30.3 Å². The molecule has 9 heteroatoms. The third kappa shape index (κ3) is 4.03. The van der Waals surface area contributed by atoms with Crippen molar-refractivity contribution in [3.63, 3.8) is 0 Å². The molecule has 0 saturated heterocycles. The SMILES string of the molecule is COC(=O)c1cc(OC)c(OC)cc1NC(=O)c1cc(-c2ccccc2)nc2c1c(C)nn2C. The average molecular weight is 460 g/mol. The average Bonchev–Trinajstić information content (AvgIpc) is 3.16. The number of fused-ring (bicyclic) bond motifs is 1. The number of carbonyl (C=O) groups excluding carboxylic acids is 2. The van der Waals surface area contributed by atoms with Crippen LogP contribution in [-0.2, 0) is 11.8 Å². The minimum absolute atomic E-state index is 0.130. The number of benzene rings is 2. The quantitative estimate of drug-likeness (QED) is 0.434. The normalized spacial score (nSPS) is 10.7. The van der Waals surface area contributed by atoms with E-state index in [2.05, 4.69) is 10.4 Å². The van der Waals surface area contributed by atoms with Crippen molar-refractivity contribution in [3.8, 4) is 22.8 Å². The first kappa shape index (κ1) is 22.8. The van der Waals surface area contributed by atoms with E-state index in [9.17, 15) is 9.59 Å². The molecule has 0 aliphatic carbocycles. The van der Waals surface area contributed by atoms with Crippen LogP contribution in [0.4, 0.5) is 5.69 Å². The van der Waals surface area contributed by atoms with Crippen molar-refractivity contribution in [1.29, 1.82) is 0 Å². The first-order chi connectivity index (χ1) is 16.4. The van der Waals surface area contributed by atoms with Crippen molar-refractivity contribution in [2.24, 2.45) is 7.05 Å². The Kier molecular flexibility index (Phi) is 6.18. The van der Waals surface area contributed by atoms with Crippen LogP contribution in [0.1, 0.15) is 26.4 Å². The van der Waals surface area contributed by atoms with Crippen LogP contribution in [0.25, 0.3) is 22.3 Å². The standard InChI is InChI=1S/C25H24N4O5/c1-14-22-17(11-18(15-9-7-6-8-10-15)26-23(22)29(2)28-14)24(30)27-19-13-21(33-4)20(32-3)12-16(19)25(31)34-5/h6-13H,1-5H3,(H,27,30). The van der Waals surface area contributed by atoms with E-state index in [-0.39, 0.29) is 11.3 Å². The molecule has 4 rings (SSSR count). The van der Waals surface area contributed by atoms with Gasteiger partial charge in [0.1, 0.15) is 0 Å². The Morgan fingerprint density at radius 2 is 1.62 bits per heavy atom. The summed E-state index contributed by atoms with van der Waals surface area (Å²) in [6, 6.07) is 14.3. The summed E-state index contributed by atoms with van der Waals surface area (Å²) in [5, 5.41) is 7.91. The van der Waals surface area contributed by atoms with Gasteiger partial charge >= 0.3 is 5.97 Å². The third-order valence-electron chi connectivity index (χ3n) is 5.46. The zero-order chi connectivity index (χ0) is 24.4. The Bertz CT molecular complexity index is 1400. The second-order valence-corrected chi connectivity index (χ2v) is 7.53. The van der Waals surface area contributed by atoms with E-state index in [0.717, 1.165) is 5.56 Å². The van der Waals surface area contributed by atoms with Gasteiger partial charge in [0.15, 0.2) is 17.1 Å². The Hall–Kier alpha value is -4.40. The van der Waals surface area contributed by atoms with Crippen LogP contribution in [0.15, 0.2) is 48.5 Å². The first-order valence-corrected chi connectivity index (χ1v) is 10.4. The van der Waals surface area contributed by atoms with Gasteiger partial charge in [0, 0.05) is 24.7 Å². The molecule has 0 aliphatic heterocycles. The summed E-state index contributed by atoms with van der Waals surface area (Å²) in [5.74, 6) is -0.369. The van der Waals surface area contributed by atoms with Crippen LogP contribution in [0, 0.1) is 6.92 Å². The lowest BCUT2D eigenvalue weighted by molar-refractivity contribution is 0.0601. The van der Waals surface area contributed by atoms with Gasteiger partial charge in [-0.15, -0.1) is 0 Å². The van der Waals surface area contributed by atoms with E-state index in [4.69, 9.17) is 19.2 Å². The molecule has 2 heterocycles. The molecule has 2 aromatic carbocycles. The Labute approximate surface area is 196 Å². The number of nitrogens with one attached hydrogen (secondary N) is 1. The number of pyridine rings is 1. The highest BCUT2D eigenvalue weighted by Gasteiger charge is 2.23. The number of methoxy groups -OCH3 is 3. The summed E-state index contributed by atoms with van der Waals surface area (Å²) >= 11 is 0. The van der Waals surface area contributed by atoms with Gasteiger partial charge in [-0.2, -0.15) is 5.10 Å². The summed E-state index contributed by atoms with van der Waals surface area (Å²) in [7, 11) is 5.98. The molecule has 0 saturated carbocycles. The minimum atomic E-state index is -0.626. The first-order valence-electron chi connectivity index (χ1n) is 10.4. The van der Waals surface area contributed by atoms with E-state index in [1.165, 1.54) is 33.5 Å². The van der Waals surface area contributed by atoms with Gasteiger partial charge in [0.25, 0.3) is 5.91 Å². The number of hydrogen-bond acceptors (Lipinski definition) is 7. The van der Waals surface area contributed by atoms with Crippen LogP contribution in [0.5, 0.6) is 11.5 Å². The monoisotopic (exact) mass is 460 g/mol. The van der Waals surface area contributed by atoms with Gasteiger partial charge < -0.3 is 19.5 Å². The molecule has 0 unspecified atom stereocenters. The molecular formula is C25H24N4O5. The molecule has 9 nitrogen and oxygen atoms in total. The molecule has 0 atom stereocenters. The van der Waals surface area contributed by atoms with Gasteiger partial charge in [0.2, 0.25) is 0 Å². The van der Waals surface area contributed by atoms with Crippen molar-refractivity contribution >= 4 is 28.6 Å². The predicted molar refractivity (Wildman–Crippen MR) is 128 cm³/mol. The van der Waals surface area contributed by atoms with Crippen LogP contribution < -0.4 is 14.8 Å². The van der Waals surface area contributed by atoms with E-state index in [1.54, 1.807) is 17.8 Å². The van der Waals surface area contributed by atoms with Crippen molar-refractivity contribution in [2.75, 3.05) is 26.6 Å². The highest BCUT2D eigenvalue weighted by molar-refractivity contribution is 6.15. The highest BCUT2D eigenvalue weighted by atomic mass is 16.5. The fourth-order valence-corrected chi connectivity index (χ4v) is 3.83. The zero-order valence-corrected chi connectivity index (χ0v) is 19.5. The van der Waals surface area contributed by atoms with Crippen molar-refractivity contribution in [1.82, 2.24) is 14.8 Å². The molecule has 0 aliphatic rings. The Morgan fingerprint density at radius 1 is 0.941 bits per heavy atom. The maximum absolute atomic E-state index is 13.6. The summed E-state index contributed by atoms with van der Waals surface area (Å²) < 4.78 is 17.2. The maximum atomic E-state index is 13.6. The summed E-state index contributed by atoms with van der Waals surface area (Å²) in [6.07, 6.45) is 0. The number of anilines is 1. The topological polar surface area (TPSA) is 105 Å². The number of aryl methyl sites for hydroxylation is 2. The summed E-state index contributed by atoms with van der Waals surface area (Å²) in [6.45, 7) is 1.82. The maximum Gasteiger partial charge on any atom is 0.340 e. The second kappa shape index (κ2) is 9.22. The molecule has 174 valence electrons. The lowest BCUT2D eigenvalue weighted by atomic mass is 10.0. The molecule has 1 amide bonds. The number of hydrogen-bond donors (Lipinski definition) is 1. The van der Waals surface area contributed by atoms with Gasteiger partial charge in [0.05, 0.1) is 54.9 Å². The molecule has 4 aromatic rings. The van der Waals surface area contributed by atoms with Crippen molar-refractivity contribution in [3.05, 3.63) is 65.4 Å².